The summed E-state index contributed by atoms with van der Waals surface area (Å²) in [5, 5.41) is 0.364. The molecular weight excluding hydrogens is 360 g/mol. The molecule has 7 heteroatoms. The van der Waals surface area contributed by atoms with Gasteiger partial charge in [-0.25, -0.2) is 13.1 Å². The molecule has 0 radical (unpaired) electrons. The summed E-state index contributed by atoms with van der Waals surface area (Å²) >= 11 is 5.83. The maximum Gasteiger partial charge on any atom is 0.240 e. The first-order valence-corrected chi connectivity index (χ1v) is 10.8. The van der Waals surface area contributed by atoms with Crippen molar-refractivity contribution in [2.24, 2.45) is 0 Å². The first-order valence-electron chi connectivity index (χ1n) is 8.91. The molecule has 2 rings (SSSR count). The summed E-state index contributed by atoms with van der Waals surface area (Å²) in [5.74, 6) is -0.0145. The van der Waals surface area contributed by atoms with Crippen LogP contribution in [0.1, 0.15) is 51.4 Å². The van der Waals surface area contributed by atoms with Gasteiger partial charge in [0.05, 0.1) is 4.90 Å². The van der Waals surface area contributed by atoms with Gasteiger partial charge in [-0.15, -0.1) is 0 Å². The second-order valence-corrected chi connectivity index (χ2v) is 8.81. The first-order chi connectivity index (χ1) is 11.9. The Balaban J connectivity index is 1.84. The van der Waals surface area contributed by atoms with E-state index < -0.39 is 10.0 Å². The van der Waals surface area contributed by atoms with Crippen molar-refractivity contribution in [2.45, 2.75) is 62.3 Å². The predicted octanol–water partition coefficient (Wildman–Crippen LogP) is 3.58. The van der Waals surface area contributed by atoms with Crippen LogP contribution in [0.2, 0.25) is 5.02 Å². The van der Waals surface area contributed by atoms with Crippen LogP contribution in [-0.4, -0.2) is 38.9 Å². The van der Waals surface area contributed by atoms with Gasteiger partial charge >= 0.3 is 0 Å². The lowest BCUT2D eigenvalue weighted by Gasteiger charge is -2.30. The van der Waals surface area contributed by atoms with E-state index in [0.717, 1.165) is 25.7 Å². The van der Waals surface area contributed by atoms with Gasteiger partial charge in [0.2, 0.25) is 15.9 Å². The second-order valence-electron chi connectivity index (χ2n) is 6.61. The number of carbonyl (C=O) groups is 1. The van der Waals surface area contributed by atoms with Gasteiger partial charge in [-0.2, -0.15) is 0 Å². The minimum absolute atomic E-state index is 0.0145. The fraction of sp³-hybridized carbons (Fsp3) is 0.611. The zero-order chi connectivity index (χ0) is 18.3. The Morgan fingerprint density at radius 1 is 1.20 bits per heavy atom. The Labute approximate surface area is 155 Å². The van der Waals surface area contributed by atoms with Crippen molar-refractivity contribution in [3.8, 4) is 0 Å². The quantitative estimate of drug-likeness (QED) is 0.812. The summed E-state index contributed by atoms with van der Waals surface area (Å²) in [7, 11) is -1.81. The maximum atomic E-state index is 12.4. The van der Waals surface area contributed by atoms with Crippen molar-refractivity contribution >= 4 is 27.5 Å². The summed E-state index contributed by atoms with van der Waals surface area (Å²) in [6, 6.07) is 6.36. The summed E-state index contributed by atoms with van der Waals surface area (Å²) in [5.41, 5.74) is 0. The molecule has 5 nitrogen and oxygen atoms in total. The van der Waals surface area contributed by atoms with Crippen LogP contribution in [0.4, 0.5) is 0 Å². The Morgan fingerprint density at radius 2 is 1.84 bits per heavy atom. The van der Waals surface area contributed by atoms with Gasteiger partial charge in [0.25, 0.3) is 0 Å². The number of benzene rings is 1. The van der Waals surface area contributed by atoms with E-state index in [9.17, 15) is 13.2 Å². The van der Waals surface area contributed by atoms with Gasteiger partial charge in [0.1, 0.15) is 0 Å². The Kier molecular flexibility index (Phi) is 7.72. The number of amides is 1. The van der Waals surface area contributed by atoms with E-state index in [1.54, 1.807) is 17.0 Å². The SMILES string of the molecule is CN(C(=O)CCNS(=O)(=O)c1cccc(Cl)c1)C1CCCCCCC1. The maximum absolute atomic E-state index is 12.4. The summed E-state index contributed by atoms with van der Waals surface area (Å²) in [6.45, 7) is 0.0880. The van der Waals surface area contributed by atoms with E-state index in [1.165, 1.54) is 31.4 Å². The van der Waals surface area contributed by atoms with Crippen molar-refractivity contribution in [3.63, 3.8) is 0 Å². The van der Waals surface area contributed by atoms with Gasteiger partial charge in [-0.1, -0.05) is 49.8 Å². The molecule has 1 aromatic carbocycles. The van der Waals surface area contributed by atoms with E-state index in [2.05, 4.69) is 4.72 Å². The van der Waals surface area contributed by atoms with Crippen molar-refractivity contribution < 1.29 is 13.2 Å². The average molecular weight is 387 g/mol. The van der Waals surface area contributed by atoms with E-state index in [0.29, 0.717) is 5.02 Å². The van der Waals surface area contributed by atoms with Gasteiger partial charge in [0.15, 0.2) is 0 Å². The summed E-state index contributed by atoms with van der Waals surface area (Å²) < 4.78 is 26.9. The molecule has 0 atom stereocenters. The number of hydrogen-bond donors (Lipinski definition) is 1. The molecule has 0 saturated heterocycles. The third-order valence-electron chi connectivity index (χ3n) is 4.75. The number of halogens is 1. The zero-order valence-electron chi connectivity index (χ0n) is 14.7. The highest BCUT2D eigenvalue weighted by Gasteiger charge is 2.21. The van der Waals surface area contributed by atoms with Crippen molar-refractivity contribution in [3.05, 3.63) is 29.3 Å². The monoisotopic (exact) mass is 386 g/mol. The van der Waals surface area contributed by atoms with Crippen molar-refractivity contribution in [1.82, 2.24) is 9.62 Å². The van der Waals surface area contributed by atoms with Crippen molar-refractivity contribution in [1.29, 1.82) is 0 Å². The molecular formula is C18H27ClN2O3S. The lowest BCUT2D eigenvalue weighted by Crippen LogP contribution is -2.39. The topological polar surface area (TPSA) is 66.5 Å². The lowest BCUT2D eigenvalue weighted by molar-refractivity contribution is -0.132. The van der Waals surface area contributed by atoms with Crippen molar-refractivity contribution in [2.75, 3.05) is 13.6 Å². The number of nitrogens with one attached hydrogen (secondary N) is 1. The van der Waals surface area contributed by atoms with E-state index in [-0.39, 0.29) is 29.8 Å². The van der Waals surface area contributed by atoms with Crippen LogP contribution < -0.4 is 4.72 Å². The molecule has 140 valence electrons. The second kappa shape index (κ2) is 9.55. The van der Waals surface area contributed by atoms with Crippen LogP contribution in [0, 0.1) is 0 Å². The van der Waals surface area contributed by atoms with Gasteiger partial charge in [-0.05, 0) is 31.0 Å². The molecule has 0 spiro atoms. The molecule has 1 aliphatic carbocycles. The number of nitrogens with zero attached hydrogens (tertiary/aromatic N) is 1. The minimum Gasteiger partial charge on any atom is -0.343 e. The largest absolute Gasteiger partial charge is 0.343 e. The Morgan fingerprint density at radius 3 is 2.48 bits per heavy atom. The number of carbonyl (C=O) groups excluding carboxylic acids is 1. The van der Waals surface area contributed by atoms with Gasteiger partial charge < -0.3 is 4.90 Å². The summed E-state index contributed by atoms with van der Waals surface area (Å²) in [4.78, 5) is 14.3. The average Bonchev–Trinajstić information content (AvgIpc) is 2.53. The molecule has 1 aliphatic rings. The molecule has 0 heterocycles. The molecule has 1 saturated carbocycles. The first kappa shape index (κ1) is 20.2. The third-order valence-corrected chi connectivity index (χ3v) is 6.45. The molecule has 1 fully saturated rings. The normalized spacial score (nSPS) is 16.9. The molecule has 1 N–H and O–H groups in total. The number of hydrogen-bond acceptors (Lipinski definition) is 3. The van der Waals surface area contributed by atoms with Gasteiger partial charge in [-0.3, -0.25) is 4.79 Å². The zero-order valence-corrected chi connectivity index (χ0v) is 16.3. The Bertz CT molecular complexity index is 671. The number of sulfonamides is 1. The molecule has 25 heavy (non-hydrogen) atoms. The smallest absolute Gasteiger partial charge is 0.240 e. The highest BCUT2D eigenvalue weighted by molar-refractivity contribution is 7.89. The van der Waals surface area contributed by atoms with Gasteiger partial charge in [0, 0.05) is 31.1 Å². The molecule has 0 aromatic heterocycles. The van der Waals surface area contributed by atoms with Crippen LogP contribution in [-0.2, 0) is 14.8 Å². The van der Waals surface area contributed by atoms with E-state index in [1.807, 2.05) is 7.05 Å². The highest BCUT2D eigenvalue weighted by Crippen LogP contribution is 2.21. The fourth-order valence-electron chi connectivity index (χ4n) is 3.21. The van der Waals surface area contributed by atoms with Crippen LogP contribution in [0.3, 0.4) is 0 Å². The minimum atomic E-state index is -3.64. The van der Waals surface area contributed by atoms with Crippen LogP contribution in [0.5, 0.6) is 0 Å². The summed E-state index contributed by atoms with van der Waals surface area (Å²) in [6.07, 6.45) is 8.30. The lowest BCUT2D eigenvalue weighted by atomic mass is 9.96. The van der Waals surface area contributed by atoms with Crippen LogP contribution >= 0.6 is 11.6 Å². The van der Waals surface area contributed by atoms with E-state index in [4.69, 9.17) is 11.6 Å². The Hall–Kier alpha value is -1.11. The fourth-order valence-corrected chi connectivity index (χ4v) is 4.54. The molecule has 0 unspecified atom stereocenters. The van der Waals surface area contributed by atoms with E-state index >= 15 is 0 Å². The molecule has 0 bridgehead atoms. The van der Waals surface area contributed by atoms with Crippen LogP contribution in [0.15, 0.2) is 29.2 Å². The standard InChI is InChI=1S/C18H27ClN2O3S/c1-21(16-9-5-3-2-4-6-10-16)18(22)12-13-20-25(23,24)17-11-7-8-15(19)14-17/h7-8,11,14,16,20H,2-6,9-10,12-13H2,1H3. The molecule has 0 aliphatic heterocycles. The molecule has 1 amide bonds. The highest BCUT2D eigenvalue weighted by atomic mass is 35.5. The molecule has 1 aromatic rings. The predicted molar refractivity (Wildman–Crippen MR) is 100 cm³/mol. The van der Waals surface area contributed by atoms with Crippen LogP contribution in [0.25, 0.3) is 0 Å². The third kappa shape index (κ3) is 6.28. The number of rotatable bonds is 6.